The molecule has 1 aliphatic carbocycles. The van der Waals surface area contributed by atoms with E-state index >= 15 is 0 Å². The van der Waals surface area contributed by atoms with E-state index in [-0.39, 0.29) is 15.1 Å². The first kappa shape index (κ1) is 12.5. The van der Waals surface area contributed by atoms with Crippen LogP contribution >= 0.6 is 31.9 Å². The van der Waals surface area contributed by atoms with E-state index in [0.717, 1.165) is 19.3 Å². The molecule has 1 aliphatic rings. The Morgan fingerprint density at radius 3 is 2.29 bits per heavy atom. The molecule has 2 nitrogen and oxygen atoms in total. The largest absolute Gasteiger partial charge is 0.481 e. The van der Waals surface area contributed by atoms with Crippen LogP contribution in [-0.2, 0) is 4.79 Å². The Labute approximate surface area is 102 Å². The van der Waals surface area contributed by atoms with E-state index in [0.29, 0.717) is 5.92 Å². The summed E-state index contributed by atoms with van der Waals surface area (Å²) in [5, 5.41) is 8.98. The minimum Gasteiger partial charge on any atom is -0.481 e. The lowest BCUT2D eigenvalue weighted by molar-refractivity contribution is -0.141. The molecule has 0 spiro atoms. The number of carboxylic acids is 1. The van der Waals surface area contributed by atoms with Gasteiger partial charge in [0.1, 0.15) is 0 Å². The first-order valence-corrected chi connectivity index (χ1v) is 6.74. The Hall–Kier alpha value is 0.430. The van der Waals surface area contributed by atoms with E-state index in [1.807, 2.05) is 0 Å². The molecular formula is C10H16Br2O2. The van der Waals surface area contributed by atoms with Gasteiger partial charge in [-0.05, 0) is 30.6 Å². The van der Waals surface area contributed by atoms with Gasteiger partial charge in [-0.3, -0.25) is 4.79 Å². The molecule has 0 aromatic heterocycles. The van der Waals surface area contributed by atoms with Crippen LogP contribution in [-0.4, -0.2) is 14.8 Å². The van der Waals surface area contributed by atoms with E-state index in [9.17, 15) is 4.79 Å². The third-order valence-corrected chi connectivity index (χ3v) is 5.34. The molecule has 0 amide bonds. The monoisotopic (exact) mass is 326 g/mol. The van der Waals surface area contributed by atoms with Crippen molar-refractivity contribution in [1.29, 1.82) is 0 Å². The van der Waals surface area contributed by atoms with E-state index in [1.54, 1.807) is 0 Å². The highest BCUT2D eigenvalue weighted by atomic mass is 79.9. The molecule has 82 valence electrons. The summed E-state index contributed by atoms with van der Waals surface area (Å²) < 4.78 is 0.215. The standard InChI is InChI=1S/C10H16Br2O2/c1-6(2)10(9(11)12)4-3-7(5-10)8(13)14/h6-7,9H,3-5H2,1-2H3,(H,13,14). The van der Waals surface area contributed by atoms with Crippen molar-refractivity contribution in [1.82, 2.24) is 0 Å². The van der Waals surface area contributed by atoms with Crippen LogP contribution in [0.5, 0.6) is 0 Å². The molecule has 0 radical (unpaired) electrons. The zero-order valence-electron chi connectivity index (χ0n) is 8.46. The smallest absolute Gasteiger partial charge is 0.306 e. The summed E-state index contributed by atoms with van der Waals surface area (Å²) in [5.74, 6) is -0.307. The van der Waals surface area contributed by atoms with E-state index in [4.69, 9.17) is 5.11 Å². The van der Waals surface area contributed by atoms with Gasteiger partial charge in [0, 0.05) is 0 Å². The van der Waals surface area contributed by atoms with E-state index < -0.39 is 5.97 Å². The van der Waals surface area contributed by atoms with Crippen LogP contribution in [0.1, 0.15) is 33.1 Å². The Kier molecular flexibility index (Phi) is 4.03. The van der Waals surface area contributed by atoms with E-state index in [1.165, 1.54) is 0 Å². The van der Waals surface area contributed by atoms with Gasteiger partial charge in [-0.25, -0.2) is 0 Å². The van der Waals surface area contributed by atoms with Gasteiger partial charge < -0.3 is 5.11 Å². The lowest BCUT2D eigenvalue weighted by atomic mass is 9.77. The summed E-state index contributed by atoms with van der Waals surface area (Å²) in [6, 6.07) is 0. The van der Waals surface area contributed by atoms with Crippen LogP contribution in [0.3, 0.4) is 0 Å². The fraction of sp³-hybridized carbons (Fsp3) is 0.900. The maximum Gasteiger partial charge on any atom is 0.306 e. The van der Waals surface area contributed by atoms with Crippen LogP contribution in [0, 0.1) is 17.3 Å². The Bertz CT molecular complexity index is 218. The predicted octanol–water partition coefficient (Wildman–Crippen LogP) is 3.63. The number of hydrogen-bond acceptors (Lipinski definition) is 1. The lowest BCUT2D eigenvalue weighted by Gasteiger charge is -2.35. The Morgan fingerprint density at radius 1 is 1.50 bits per heavy atom. The van der Waals surface area contributed by atoms with Crippen LogP contribution < -0.4 is 0 Å². The summed E-state index contributed by atoms with van der Waals surface area (Å²) in [4.78, 5) is 10.9. The fourth-order valence-electron chi connectivity index (χ4n) is 2.29. The summed E-state index contributed by atoms with van der Waals surface area (Å²) in [6.07, 6.45) is 2.57. The SMILES string of the molecule is CC(C)C1(C(Br)Br)CCC(C(=O)O)C1. The molecule has 1 N–H and O–H groups in total. The molecule has 0 aliphatic heterocycles. The third kappa shape index (κ3) is 2.16. The Morgan fingerprint density at radius 2 is 2.07 bits per heavy atom. The van der Waals surface area contributed by atoms with Gasteiger partial charge in [0.2, 0.25) is 0 Å². The molecule has 0 aromatic carbocycles. The number of halogens is 2. The van der Waals surface area contributed by atoms with Gasteiger partial charge in [0.15, 0.2) is 0 Å². The summed E-state index contributed by atoms with van der Waals surface area (Å²) in [5.41, 5.74) is 0.100. The minimum absolute atomic E-state index is 0.100. The third-order valence-electron chi connectivity index (χ3n) is 3.52. The molecule has 4 heteroatoms. The van der Waals surface area contributed by atoms with Crippen molar-refractivity contribution in [2.75, 3.05) is 0 Å². The molecule has 0 bridgehead atoms. The molecule has 2 unspecified atom stereocenters. The summed E-state index contributed by atoms with van der Waals surface area (Å²) >= 11 is 7.12. The molecule has 1 rings (SSSR count). The molecule has 2 atom stereocenters. The highest BCUT2D eigenvalue weighted by Crippen LogP contribution is 2.53. The molecule has 0 saturated heterocycles. The highest BCUT2D eigenvalue weighted by Gasteiger charge is 2.47. The topological polar surface area (TPSA) is 37.3 Å². The quantitative estimate of drug-likeness (QED) is 0.804. The average Bonchev–Trinajstić information content (AvgIpc) is 2.48. The normalized spacial score (nSPS) is 32.9. The zero-order chi connectivity index (χ0) is 10.9. The lowest BCUT2D eigenvalue weighted by Crippen LogP contribution is -2.31. The number of rotatable bonds is 3. The number of carboxylic acid groups (broad SMARTS) is 1. The minimum atomic E-state index is -0.645. The van der Waals surface area contributed by atoms with Gasteiger partial charge in [0.25, 0.3) is 0 Å². The highest BCUT2D eigenvalue weighted by molar-refractivity contribution is 9.24. The van der Waals surface area contributed by atoms with Crippen LogP contribution in [0.4, 0.5) is 0 Å². The zero-order valence-corrected chi connectivity index (χ0v) is 11.6. The first-order chi connectivity index (χ1) is 6.40. The maximum absolute atomic E-state index is 10.9. The number of alkyl halides is 2. The van der Waals surface area contributed by atoms with Crippen LogP contribution in [0.25, 0.3) is 0 Å². The van der Waals surface area contributed by atoms with Gasteiger partial charge in [0.05, 0.1) is 9.65 Å². The molecule has 1 saturated carbocycles. The second kappa shape index (κ2) is 4.52. The molecule has 0 aromatic rings. The van der Waals surface area contributed by atoms with Crippen molar-refractivity contribution in [3.63, 3.8) is 0 Å². The van der Waals surface area contributed by atoms with Crippen molar-refractivity contribution in [2.45, 2.75) is 36.8 Å². The number of aliphatic carboxylic acids is 1. The summed E-state index contributed by atoms with van der Waals surface area (Å²) in [6.45, 7) is 4.33. The second-order valence-electron chi connectivity index (χ2n) is 4.47. The first-order valence-electron chi connectivity index (χ1n) is 4.91. The van der Waals surface area contributed by atoms with Gasteiger partial charge in [-0.15, -0.1) is 0 Å². The molecule has 14 heavy (non-hydrogen) atoms. The summed E-state index contributed by atoms with van der Waals surface area (Å²) in [7, 11) is 0. The van der Waals surface area contributed by atoms with Crippen molar-refractivity contribution < 1.29 is 9.90 Å². The second-order valence-corrected chi connectivity index (χ2v) is 7.53. The maximum atomic E-state index is 10.9. The molecular weight excluding hydrogens is 312 g/mol. The van der Waals surface area contributed by atoms with Crippen LogP contribution in [0.2, 0.25) is 0 Å². The fourth-order valence-corrected chi connectivity index (χ4v) is 4.18. The van der Waals surface area contributed by atoms with Crippen LogP contribution in [0.15, 0.2) is 0 Å². The van der Waals surface area contributed by atoms with Crippen molar-refractivity contribution in [2.24, 2.45) is 17.3 Å². The van der Waals surface area contributed by atoms with Gasteiger partial charge >= 0.3 is 5.97 Å². The average molecular weight is 328 g/mol. The molecule has 0 heterocycles. The Balaban J connectivity index is 2.80. The number of hydrogen-bond donors (Lipinski definition) is 1. The van der Waals surface area contributed by atoms with Gasteiger partial charge in [-0.2, -0.15) is 0 Å². The molecule has 1 fully saturated rings. The van der Waals surface area contributed by atoms with Gasteiger partial charge in [-0.1, -0.05) is 45.7 Å². The van der Waals surface area contributed by atoms with E-state index in [2.05, 4.69) is 45.7 Å². The van der Waals surface area contributed by atoms with Crippen molar-refractivity contribution >= 4 is 37.8 Å². The number of carbonyl (C=O) groups is 1. The predicted molar refractivity (Wildman–Crippen MR) is 63.9 cm³/mol. The van der Waals surface area contributed by atoms with Crippen molar-refractivity contribution in [3.8, 4) is 0 Å². The van der Waals surface area contributed by atoms with Crippen molar-refractivity contribution in [3.05, 3.63) is 0 Å².